The minimum absolute atomic E-state index is 0.102. The average Bonchev–Trinajstić information content (AvgIpc) is 2.48. The number of hydrogen-bond acceptors (Lipinski definition) is 4. The lowest BCUT2D eigenvalue weighted by atomic mass is 10.4. The summed E-state index contributed by atoms with van der Waals surface area (Å²) in [6, 6.07) is 0. The summed E-state index contributed by atoms with van der Waals surface area (Å²) < 4.78 is 38.1. The molecular formula is C8H14F3N5. The zero-order valence-electron chi connectivity index (χ0n) is 8.91. The van der Waals surface area contributed by atoms with Crippen molar-refractivity contribution in [1.82, 2.24) is 19.9 Å². The number of alkyl halides is 3. The van der Waals surface area contributed by atoms with Crippen LogP contribution in [-0.4, -0.2) is 45.7 Å². The number of nitrogens with zero attached hydrogens (tertiary/aromatic N) is 4. The van der Waals surface area contributed by atoms with Gasteiger partial charge in [0, 0.05) is 32.9 Å². The van der Waals surface area contributed by atoms with E-state index in [1.807, 2.05) is 0 Å². The molecule has 0 bridgehead atoms. The summed E-state index contributed by atoms with van der Waals surface area (Å²) in [7, 11) is 1.66. The maximum Gasteiger partial charge on any atom is 0.401 e. The van der Waals surface area contributed by atoms with E-state index in [1.54, 1.807) is 13.2 Å². The van der Waals surface area contributed by atoms with Crippen LogP contribution in [-0.2, 0) is 13.6 Å². The highest BCUT2D eigenvalue weighted by atomic mass is 19.4. The van der Waals surface area contributed by atoms with Gasteiger partial charge in [0.25, 0.3) is 0 Å². The minimum Gasteiger partial charge on any atom is -0.329 e. The summed E-state index contributed by atoms with van der Waals surface area (Å²) in [5, 5.41) is 7.38. The number of nitrogens with two attached hydrogens (primary N) is 1. The first-order valence-electron chi connectivity index (χ1n) is 4.75. The monoisotopic (exact) mass is 237 g/mol. The predicted molar refractivity (Wildman–Crippen MR) is 51.4 cm³/mol. The molecule has 0 spiro atoms. The van der Waals surface area contributed by atoms with Gasteiger partial charge in [0.05, 0.1) is 12.2 Å². The highest BCUT2D eigenvalue weighted by Gasteiger charge is 2.30. The highest BCUT2D eigenvalue weighted by molar-refractivity contribution is 4.91. The molecule has 92 valence electrons. The summed E-state index contributed by atoms with van der Waals surface area (Å²) in [6.45, 7) is -0.530. The van der Waals surface area contributed by atoms with E-state index in [0.717, 1.165) is 0 Å². The maximum atomic E-state index is 12.2. The Morgan fingerprint density at radius 1 is 1.50 bits per heavy atom. The molecule has 1 aromatic rings. The normalized spacial score (nSPS) is 12.4. The summed E-state index contributed by atoms with van der Waals surface area (Å²) >= 11 is 0. The molecular weight excluding hydrogens is 223 g/mol. The number of rotatable bonds is 5. The van der Waals surface area contributed by atoms with Crippen LogP contribution in [0.3, 0.4) is 0 Å². The van der Waals surface area contributed by atoms with Crippen LogP contribution in [0.2, 0.25) is 0 Å². The van der Waals surface area contributed by atoms with E-state index in [4.69, 9.17) is 5.73 Å². The first-order chi connectivity index (χ1) is 7.40. The van der Waals surface area contributed by atoms with Crippen LogP contribution in [0.4, 0.5) is 13.2 Å². The van der Waals surface area contributed by atoms with Crippen molar-refractivity contribution >= 4 is 0 Å². The molecule has 0 aliphatic carbocycles. The molecule has 0 radical (unpaired) electrons. The summed E-state index contributed by atoms with van der Waals surface area (Å²) in [5.41, 5.74) is 5.76. The van der Waals surface area contributed by atoms with Crippen LogP contribution >= 0.6 is 0 Å². The van der Waals surface area contributed by atoms with Gasteiger partial charge < -0.3 is 5.73 Å². The average molecular weight is 237 g/mol. The van der Waals surface area contributed by atoms with E-state index in [9.17, 15) is 13.2 Å². The Morgan fingerprint density at radius 3 is 2.62 bits per heavy atom. The van der Waals surface area contributed by atoms with Gasteiger partial charge in [-0.1, -0.05) is 5.21 Å². The number of hydrogen-bond donors (Lipinski definition) is 1. The molecule has 0 amide bonds. The van der Waals surface area contributed by atoms with Crippen LogP contribution < -0.4 is 5.73 Å². The molecule has 0 fully saturated rings. The molecule has 1 rings (SSSR count). The molecule has 1 heterocycles. The second-order valence-corrected chi connectivity index (χ2v) is 3.50. The fourth-order valence-corrected chi connectivity index (χ4v) is 1.35. The number of halogens is 3. The van der Waals surface area contributed by atoms with Crippen LogP contribution in [0.25, 0.3) is 0 Å². The van der Waals surface area contributed by atoms with Crippen molar-refractivity contribution in [2.45, 2.75) is 12.7 Å². The largest absolute Gasteiger partial charge is 0.401 e. The first-order valence-corrected chi connectivity index (χ1v) is 4.75. The Kier molecular flexibility index (Phi) is 4.25. The fourth-order valence-electron chi connectivity index (χ4n) is 1.35. The molecule has 0 unspecified atom stereocenters. The summed E-state index contributed by atoms with van der Waals surface area (Å²) in [5.74, 6) is 0. The molecule has 0 aromatic carbocycles. The Hall–Kier alpha value is -1.15. The lowest BCUT2D eigenvalue weighted by molar-refractivity contribution is -0.146. The topological polar surface area (TPSA) is 60.0 Å². The number of aryl methyl sites for hydroxylation is 1. The molecule has 0 aliphatic heterocycles. The molecule has 1 aromatic heterocycles. The second kappa shape index (κ2) is 5.26. The smallest absolute Gasteiger partial charge is 0.329 e. The Labute approximate surface area is 91.0 Å². The summed E-state index contributed by atoms with van der Waals surface area (Å²) in [6.07, 6.45) is -2.64. The standard InChI is InChI=1S/C8H14F3N5/c1-15-4-7(13-14-15)5-16(3-2-12)6-8(9,10)11/h4H,2-3,5-6,12H2,1H3. The van der Waals surface area contributed by atoms with Crippen molar-refractivity contribution in [3.05, 3.63) is 11.9 Å². The lowest BCUT2D eigenvalue weighted by Gasteiger charge is -2.21. The van der Waals surface area contributed by atoms with Crippen molar-refractivity contribution in [2.75, 3.05) is 19.6 Å². The van der Waals surface area contributed by atoms with Crippen molar-refractivity contribution in [3.63, 3.8) is 0 Å². The van der Waals surface area contributed by atoms with Gasteiger partial charge in [-0.3, -0.25) is 9.58 Å². The van der Waals surface area contributed by atoms with Gasteiger partial charge in [0.15, 0.2) is 0 Å². The van der Waals surface area contributed by atoms with Crippen molar-refractivity contribution in [1.29, 1.82) is 0 Å². The van der Waals surface area contributed by atoms with Gasteiger partial charge in [-0.15, -0.1) is 5.10 Å². The molecule has 16 heavy (non-hydrogen) atoms. The molecule has 5 nitrogen and oxygen atoms in total. The van der Waals surface area contributed by atoms with Crippen LogP contribution in [0.5, 0.6) is 0 Å². The predicted octanol–water partition coefficient (Wildman–Crippen LogP) is 0.138. The third kappa shape index (κ3) is 4.58. The molecule has 0 saturated carbocycles. The van der Waals surface area contributed by atoms with E-state index in [2.05, 4.69) is 10.3 Å². The fraction of sp³-hybridized carbons (Fsp3) is 0.750. The van der Waals surface area contributed by atoms with E-state index in [1.165, 1.54) is 9.58 Å². The first kappa shape index (κ1) is 12.9. The van der Waals surface area contributed by atoms with Gasteiger partial charge in [0.2, 0.25) is 0 Å². The molecule has 0 atom stereocenters. The van der Waals surface area contributed by atoms with Gasteiger partial charge >= 0.3 is 6.18 Å². The van der Waals surface area contributed by atoms with Gasteiger partial charge in [-0.2, -0.15) is 13.2 Å². The summed E-state index contributed by atoms with van der Waals surface area (Å²) in [4.78, 5) is 1.20. The lowest BCUT2D eigenvalue weighted by Crippen LogP contribution is -2.37. The molecule has 0 aliphatic rings. The van der Waals surface area contributed by atoms with E-state index >= 15 is 0 Å². The Balaban J connectivity index is 2.57. The SMILES string of the molecule is Cn1cc(CN(CCN)CC(F)(F)F)nn1. The maximum absolute atomic E-state index is 12.2. The zero-order chi connectivity index (χ0) is 12.2. The van der Waals surface area contributed by atoms with Gasteiger partial charge in [-0.25, -0.2) is 0 Å². The third-order valence-corrected chi connectivity index (χ3v) is 1.88. The van der Waals surface area contributed by atoms with Crippen LogP contribution in [0.1, 0.15) is 5.69 Å². The van der Waals surface area contributed by atoms with Crippen molar-refractivity contribution in [3.8, 4) is 0 Å². The van der Waals surface area contributed by atoms with Crippen molar-refractivity contribution < 1.29 is 13.2 Å². The molecule has 0 saturated heterocycles. The van der Waals surface area contributed by atoms with Gasteiger partial charge in [-0.05, 0) is 0 Å². The highest BCUT2D eigenvalue weighted by Crippen LogP contribution is 2.17. The second-order valence-electron chi connectivity index (χ2n) is 3.50. The van der Waals surface area contributed by atoms with Crippen molar-refractivity contribution in [2.24, 2.45) is 12.8 Å². The molecule has 8 heteroatoms. The zero-order valence-corrected chi connectivity index (χ0v) is 8.91. The Morgan fingerprint density at radius 2 is 2.19 bits per heavy atom. The number of aromatic nitrogens is 3. The Bertz CT molecular complexity index is 322. The quantitative estimate of drug-likeness (QED) is 0.791. The third-order valence-electron chi connectivity index (χ3n) is 1.88. The van der Waals surface area contributed by atoms with Crippen LogP contribution in [0.15, 0.2) is 6.20 Å². The van der Waals surface area contributed by atoms with Crippen LogP contribution in [0, 0.1) is 0 Å². The van der Waals surface area contributed by atoms with Gasteiger partial charge in [0.1, 0.15) is 0 Å². The van der Waals surface area contributed by atoms with E-state index < -0.39 is 12.7 Å². The van der Waals surface area contributed by atoms with E-state index in [-0.39, 0.29) is 19.6 Å². The molecule has 2 N–H and O–H groups in total. The minimum atomic E-state index is -4.22. The van der Waals surface area contributed by atoms with E-state index in [0.29, 0.717) is 5.69 Å².